The molecule has 1 fully saturated rings. The minimum Gasteiger partial charge on any atom is -0.495 e. The summed E-state index contributed by atoms with van der Waals surface area (Å²) in [5.74, 6) is 1.45. The van der Waals surface area contributed by atoms with Gasteiger partial charge in [-0.05, 0) is 25.3 Å². The highest BCUT2D eigenvalue weighted by Crippen LogP contribution is 2.34. The third-order valence-corrected chi connectivity index (χ3v) is 5.88. The molecule has 1 saturated heterocycles. The van der Waals surface area contributed by atoms with Gasteiger partial charge in [0.25, 0.3) is 5.69 Å². The predicted octanol–water partition coefficient (Wildman–Crippen LogP) is 4.12. The third-order valence-electron chi connectivity index (χ3n) is 5.88. The smallest absolute Gasteiger partial charge is 0.271 e. The fourth-order valence-corrected chi connectivity index (χ4v) is 4.22. The van der Waals surface area contributed by atoms with Crippen molar-refractivity contribution >= 4 is 11.4 Å². The summed E-state index contributed by atoms with van der Waals surface area (Å²) in [5, 5.41) is 11.2. The summed E-state index contributed by atoms with van der Waals surface area (Å²) in [6.07, 6.45) is 14.3. The van der Waals surface area contributed by atoms with Gasteiger partial charge in [0.05, 0.1) is 23.8 Å². The Morgan fingerprint density at radius 1 is 1.23 bits per heavy atom. The highest BCUT2D eigenvalue weighted by Gasteiger charge is 2.30. The first-order chi connectivity index (χ1) is 15.2. The Morgan fingerprint density at radius 3 is 2.71 bits per heavy atom. The molecule has 4 rings (SSSR count). The van der Waals surface area contributed by atoms with Crippen LogP contribution in [0.25, 0.3) is 0 Å². The molecule has 0 bridgehead atoms. The Kier molecular flexibility index (Phi) is 6.57. The number of benzene rings is 1. The largest absolute Gasteiger partial charge is 0.495 e. The number of nitro benzene ring substituents is 1. The molecule has 1 aromatic carbocycles. The zero-order valence-corrected chi connectivity index (χ0v) is 17.6. The number of anilines is 1. The normalized spacial score (nSPS) is 19.7. The van der Waals surface area contributed by atoms with Gasteiger partial charge >= 0.3 is 0 Å². The number of methoxy groups -OCH3 is 1. The Balaban J connectivity index is 1.49. The molecule has 0 aromatic heterocycles. The van der Waals surface area contributed by atoms with E-state index in [1.165, 1.54) is 17.9 Å². The van der Waals surface area contributed by atoms with Crippen LogP contribution in [0.5, 0.6) is 5.75 Å². The van der Waals surface area contributed by atoms with E-state index in [1.54, 1.807) is 31.8 Å². The Hall–Kier alpha value is -3.26. The molecule has 0 N–H and O–H groups in total. The third kappa shape index (κ3) is 4.91. The molecule has 0 amide bonds. The maximum absolute atomic E-state index is 11.2. The molecule has 0 spiro atoms. The van der Waals surface area contributed by atoms with E-state index in [2.05, 4.69) is 28.0 Å². The number of non-ortho nitro benzene ring substituents is 1. The van der Waals surface area contributed by atoms with Crippen LogP contribution in [-0.4, -0.2) is 49.2 Å². The summed E-state index contributed by atoms with van der Waals surface area (Å²) in [6, 6.07) is 4.81. The molecule has 31 heavy (non-hydrogen) atoms. The van der Waals surface area contributed by atoms with Crippen molar-refractivity contribution in [3.63, 3.8) is 0 Å². The molecule has 2 aliphatic heterocycles. The highest BCUT2D eigenvalue weighted by molar-refractivity contribution is 5.63. The van der Waals surface area contributed by atoms with E-state index in [0.717, 1.165) is 56.9 Å². The maximum Gasteiger partial charge on any atom is 0.271 e. The van der Waals surface area contributed by atoms with Crippen LogP contribution in [0.2, 0.25) is 0 Å². The number of nitrogens with zero attached hydrogens (tertiary/aromatic N) is 3. The van der Waals surface area contributed by atoms with E-state index in [9.17, 15) is 10.1 Å². The van der Waals surface area contributed by atoms with Gasteiger partial charge in [0.1, 0.15) is 24.5 Å². The van der Waals surface area contributed by atoms with Crippen LogP contribution in [0.15, 0.2) is 66.5 Å². The van der Waals surface area contributed by atoms with Gasteiger partial charge in [-0.15, -0.1) is 0 Å². The van der Waals surface area contributed by atoms with Crippen molar-refractivity contribution in [1.82, 2.24) is 4.90 Å². The van der Waals surface area contributed by atoms with Crippen LogP contribution in [0, 0.1) is 10.1 Å². The van der Waals surface area contributed by atoms with Crippen LogP contribution < -0.4 is 9.64 Å². The molecule has 2 heterocycles. The minimum absolute atomic E-state index is 0.0677. The summed E-state index contributed by atoms with van der Waals surface area (Å²) in [7, 11) is 1.59. The van der Waals surface area contributed by atoms with E-state index in [4.69, 9.17) is 14.2 Å². The summed E-state index contributed by atoms with van der Waals surface area (Å²) >= 11 is 0. The highest BCUT2D eigenvalue weighted by atomic mass is 16.6. The van der Waals surface area contributed by atoms with E-state index < -0.39 is 0 Å². The average Bonchev–Trinajstić information content (AvgIpc) is 2.83. The Morgan fingerprint density at radius 2 is 2.06 bits per heavy atom. The molecule has 1 atom stereocenters. The van der Waals surface area contributed by atoms with E-state index in [1.807, 2.05) is 0 Å². The number of hydrogen-bond donors (Lipinski definition) is 0. The zero-order chi connectivity index (χ0) is 21.6. The molecule has 0 radical (unpaired) electrons. The van der Waals surface area contributed by atoms with Gasteiger partial charge in [0.2, 0.25) is 0 Å². The molecule has 1 aliphatic carbocycles. The average molecular weight is 425 g/mol. The molecule has 0 saturated carbocycles. The molecule has 1 unspecified atom stereocenters. The van der Waals surface area contributed by atoms with Crippen molar-refractivity contribution in [2.24, 2.45) is 0 Å². The predicted molar refractivity (Wildman–Crippen MR) is 118 cm³/mol. The summed E-state index contributed by atoms with van der Waals surface area (Å²) in [4.78, 5) is 15.4. The summed E-state index contributed by atoms with van der Waals surface area (Å²) < 4.78 is 16.6. The van der Waals surface area contributed by atoms with Gasteiger partial charge in [-0.25, -0.2) is 0 Å². The first-order valence-electron chi connectivity index (χ1n) is 10.5. The topological polar surface area (TPSA) is 77.3 Å². The van der Waals surface area contributed by atoms with Crippen LogP contribution in [0.4, 0.5) is 11.4 Å². The van der Waals surface area contributed by atoms with Gasteiger partial charge in [-0.2, -0.15) is 0 Å². The Labute approximate surface area is 181 Å². The second-order valence-electron chi connectivity index (χ2n) is 7.69. The molecule has 8 heteroatoms. The zero-order valence-electron chi connectivity index (χ0n) is 17.6. The van der Waals surface area contributed by atoms with Crippen molar-refractivity contribution in [3.05, 3.63) is 76.7 Å². The van der Waals surface area contributed by atoms with Crippen molar-refractivity contribution < 1.29 is 19.1 Å². The van der Waals surface area contributed by atoms with Gasteiger partial charge in [-0.3, -0.25) is 15.0 Å². The standard InChI is InChI=1S/C23H27N3O5/c1-29-22-8-7-19(26(27)28)16-21(22)25-11-9-24(10-12-25)20(23-17-30-13-14-31-23)15-18-5-3-2-4-6-18/h2-3,5,7-8,13-14,16-17,20H,4,6,9-12,15H2,1H3. The van der Waals surface area contributed by atoms with Crippen LogP contribution in [0.3, 0.4) is 0 Å². The first kappa shape index (κ1) is 21.0. The molecular weight excluding hydrogens is 398 g/mol. The number of hydrogen-bond acceptors (Lipinski definition) is 7. The maximum atomic E-state index is 11.2. The van der Waals surface area contributed by atoms with Gasteiger partial charge in [-0.1, -0.05) is 23.8 Å². The second kappa shape index (κ2) is 9.70. The SMILES string of the molecule is COc1ccc([N+](=O)[O-])cc1N1CCN(C(CC2=CC=CCC2)C2=COC=CO2)CC1. The van der Waals surface area contributed by atoms with Crippen molar-refractivity contribution in [2.45, 2.75) is 25.3 Å². The quantitative estimate of drug-likeness (QED) is 0.480. The minimum atomic E-state index is -0.373. The van der Waals surface area contributed by atoms with Crippen LogP contribution >= 0.6 is 0 Å². The fourth-order valence-electron chi connectivity index (χ4n) is 4.22. The number of allylic oxidation sites excluding steroid dienone is 3. The lowest BCUT2D eigenvalue weighted by molar-refractivity contribution is -0.384. The van der Waals surface area contributed by atoms with Gasteiger partial charge < -0.3 is 19.1 Å². The summed E-state index contributed by atoms with van der Waals surface area (Å²) in [6.45, 7) is 3.06. The monoisotopic (exact) mass is 425 g/mol. The molecule has 3 aliphatic rings. The lowest BCUT2D eigenvalue weighted by Gasteiger charge is -2.41. The second-order valence-corrected chi connectivity index (χ2v) is 7.69. The van der Waals surface area contributed by atoms with Crippen LogP contribution in [-0.2, 0) is 9.47 Å². The molecule has 8 nitrogen and oxygen atoms in total. The van der Waals surface area contributed by atoms with Crippen molar-refractivity contribution in [3.8, 4) is 5.75 Å². The Bertz CT molecular complexity index is 929. The molecule has 1 aromatic rings. The lowest BCUT2D eigenvalue weighted by atomic mass is 9.95. The van der Waals surface area contributed by atoms with Gasteiger partial charge in [0.15, 0.2) is 5.76 Å². The lowest BCUT2D eigenvalue weighted by Crippen LogP contribution is -2.51. The molecular formula is C23H27N3O5. The first-order valence-corrected chi connectivity index (χ1v) is 10.5. The van der Waals surface area contributed by atoms with Crippen molar-refractivity contribution in [1.29, 1.82) is 0 Å². The number of rotatable bonds is 7. The number of nitro groups is 1. The summed E-state index contributed by atoms with van der Waals surface area (Å²) in [5.41, 5.74) is 2.22. The van der Waals surface area contributed by atoms with E-state index in [-0.39, 0.29) is 16.7 Å². The number of piperazine rings is 1. The number of ether oxygens (including phenoxy) is 3. The van der Waals surface area contributed by atoms with Crippen LogP contribution in [0.1, 0.15) is 19.3 Å². The fraction of sp³-hybridized carbons (Fsp3) is 0.391. The van der Waals surface area contributed by atoms with Crippen molar-refractivity contribution in [2.75, 3.05) is 38.2 Å². The van der Waals surface area contributed by atoms with Gasteiger partial charge in [0, 0.05) is 38.3 Å². The molecule has 164 valence electrons. The van der Waals surface area contributed by atoms with E-state index in [0.29, 0.717) is 5.75 Å². The van der Waals surface area contributed by atoms with E-state index >= 15 is 0 Å².